The van der Waals surface area contributed by atoms with Crippen molar-refractivity contribution in [3.05, 3.63) is 243 Å². The van der Waals surface area contributed by atoms with E-state index in [2.05, 4.69) is 30.7 Å². The Kier molecular flexibility index (Phi) is 27.9. The Labute approximate surface area is 711 Å². The van der Waals surface area contributed by atoms with Gasteiger partial charge in [0.15, 0.2) is 11.5 Å². The number of benzene rings is 6. The van der Waals surface area contributed by atoms with Crippen molar-refractivity contribution in [1.82, 2.24) is 44.4 Å². The number of hydrogen-bond donors (Lipinski definition) is 4. The van der Waals surface area contributed by atoms with Crippen molar-refractivity contribution in [2.24, 2.45) is 5.11 Å². The number of piperazine rings is 3. The van der Waals surface area contributed by atoms with Crippen LogP contribution in [-0.2, 0) is 52.8 Å². The van der Waals surface area contributed by atoms with Gasteiger partial charge in [0.2, 0.25) is 0 Å². The molecule has 32 nitrogen and oxygen atoms in total. The Hall–Kier alpha value is -14.6. The normalized spacial score (nSPS) is 13.4. The molecule has 640 valence electrons. The van der Waals surface area contributed by atoms with E-state index in [0.29, 0.717) is 165 Å². The zero-order valence-corrected chi connectivity index (χ0v) is 69.5. The number of hydrogen-bond acceptors (Lipinski definition) is 20. The molecule has 6 aromatic heterocycles. The molecule has 0 unspecified atom stereocenters. The molecule has 32 heteroatoms. The monoisotopic (exact) mass is 1680 g/mol. The Morgan fingerprint density at radius 1 is 0.427 bits per heavy atom. The van der Waals surface area contributed by atoms with E-state index in [1.54, 1.807) is 112 Å². The average Bonchev–Trinajstić information content (AvgIpc) is 1.61. The molecule has 15 rings (SSSR count). The highest BCUT2D eigenvalue weighted by molar-refractivity contribution is 6.47. The molecular weight excluding hydrogens is 1590 g/mol. The van der Waals surface area contributed by atoms with Gasteiger partial charge in [0.25, 0.3) is 52.8 Å². The number of methoxy groups -OCH3 is 3. The van der Waals surface area contributed by atoms with Crippen molar-refractivity contribution < 1.29 is 95.4 Å². The molecule has 0 spiro atoms. The number of azide groups is 1. The third-order valence-corrected chi connectivity index (χ3v) is 21.3. The number of nitrogens with zero attached hydrogens (tertiary/aromatic N) is 9. The molecule has 0 radical (unpaired) electrons. The number of aromatic amines is 3. The highest BCUT2D eigenvalue weighted by Gasteiger charge is 2.36. The van der Waals surface area contributed by atoms with Crippen molar-refractivity contribution in [1.29, 1.82) is 0 Å². The summed E-state index contributed by atoms with van der Waals surface area (Å²) < 4.78 is 45.2. The Balaban J connectivity index is 0.000000161. The third kappa shape index (κ3) is 20.0. The van der Waals surface area contributed by atoms with Crippen LogP contribution in [0, 0.1) is 0 Å². The van der Waals surface area contributed by atoms with Gasteiger partial charge in [0.1, 0.15) is 64.8 Å². The molecule has 3 saturated heterocycles. The first-order valence-electron chi connectivity index (χ1n) is 40.4. The third-order valence-electron chi connectivity index (χ3n) is 21.3. The van der Waals surface area contributed by atoms with E-state index >= 15 is 0 Å². The van der Waals surface area contributed by atoms with Gasteiger partial charge in [0.05, 0.1) is 83.8 Å². The summed E-state index contributed by atoms with van der Waals surface area (Å²) in [5, 5.41) is 4.81. The number of amides is 6. The lowest BCUT2D eigenvalue weighted by molar-refractivity contribution is -0.390. The number of esters is 1. The lowest BCUT2D eigenvalue weighted by atomic mass is 10.0. The van der Waals surface area contributed by atoms with Crippen LogP contribution in [0.4, 0.5) is 0 Å². The van der Waals surface area contributed by atoms with E-state index in [1.165, 1.54) is 54.6 Å². The zero-order chi connectivity index (χ0) is 87.7. The van der Waals surface area contributed by atoms with E-state index < -0.39 is 40.7 Å². The van der Waals surface area contributed by atoms with Crippen LogP contribution in [0.3, 0.4) is 0 Å². The second-order valence-corrected chi connectivity index (χ2v) is 30.3. The molecule has 0 aliphatic carbocycles. The summed E-state index contributed by atoms with van der Waals surface area (Å²) in [4.78, 5) is 164. The van der Waals surface area contributed by atoms with Gasteiger partial charge in [0, 0.05) is 161 Å². The summed E-state index contributed by atoms with van der Waals surface area (Å²) in [6.07, 6.45) is 5.68. The van der Waals surface area contributed by atoms with Crippen molar-refractivity contribution in [2.75, 3.05) is 120 Å². The van der Waals surface area contributed by atoms with Crippen LogP contribution in [0.2, 0.25) is 0 Å². The summed E-state index contributed by atoms with van der Waals surface area (Å²) in [6.45, 7) is 9.86. The van der Waals surface area contributed by atoms with E-state index in [4.69, 9.17) is 42.5 Å². The van der Waals surface area contributed by atoms with Crippen LogP contribution in [0.15, 0.2) is 201 Å². The number of ether oxygens (including phenoxy) is 5. The second-order valence-electron chi connectivity index (χ2n) is 30.3. The number of nitrogens with one attached hydrogen (secondary N) is 3. The SMILES string of the molecule is COc1ccc(-c2ccc(CCC(=O)COCCN=[N+]=[N-])o2)c2[nH]cc(C(=O)C(=O)N3CCN(C(=O)c4ccccc4)CC3)c12.COc1ccc(-c2ccc(CCC(=O)OC(C)(C)C)o2)c2[nH]cc(C(=O)C(=O)N3CCN(C(=O)c4ccccc4)CC3)c12.COc1ccc(-c2ccc(C[NH3+])o2)c2[nH]cc(C(=O)C(=O)N3CCN(C(=O)c4ccccc4)CC3)c12. The molecule has 9 heterocycles. The van der Waals surface area contributed by atoms with Crippen LogP contribution in [0.1, 0.15) is 113 Å². The quantitative estimate of drug-likeness (QED) is 0.00706. The molecule has 12 aromatic rings. The number of aryl methyl sites for hydroxylation is 2. The average molecular weight is 1690 g/mol. The van der Waals surface area contributed by atoms with Crippen molar-refractivity contribution >= 4 is 97.3 Å². The van der Waals surface area contributed by atoms with Crippen LogP contribution < -0.4 is 19.9 Å². The lowest BCUT2D eigenvalue weighted by Gasteiger charge is -2.34. The van der Waals surface area contributed by atoms with Crippen LogP contribution in [0.25, 0.3) is 77.1 Å². The zero-order valence-electron chi connectivity index (χ0n) is 69.5. The maximum absolute atomic E-state index is 13.5. The van der Waals surface area contributed by atoms with Crippen molar-refractivity contribution in [2.45, 2.75) is 58.6 Å². The Morgan fingerprint density at radius 3 is 1.06 bits per heavy atom. The molecule has 3 aliphatic rings. The number of carbonyl (C=O) groups excluding carboxylic acids is 11. The fraction of sp³-hybridized carbons (Fsp3) is 0.293. The largest absolute Gasteiger partial charge is 0.496 e. The van der Waals surface area contributed by atoms with Crippen molar-refractivity contribution in [3.8, 4) is 51.2 Å². The number of carbonyl (C=O) groups is 11. The molecular formula is C92H94N13O19+. The minimum absolute atomic E-state index is 0.0763. The molecule has 124 heavy (non-hydrogen) atoms. The Bertz CT molecular complexity index is 5980. The highest BCUT2D eigenvalue weighted by Crippen LogP contribution is 2.41. The van der Waals surface area contributed by atoms with Gasteiger partial charge in [-0.05, 0) is 135 Å². The van der Waals surface area contributed by atoms with Crippen LogP contribution in [0.5, 0.6) is 17.2 Å². The molecule has 0 saturated carbocycles. The molecule has 6 N–H and O–H groups in total. The standard InChI is InChI=1S/C33H35N3O7.C32H32N6O7.C27H26N4O5/c1-33(2,3)43-27(37)15-11-22-10-13-25(42-22)23-12-14-26(41-4)28-24(20-34-29(23)28)30(38)32(40)36-18-16-35(17-19-36)31(39)21-8-6-5-7-9-21;1-43-27-12-10-24(26-11-9-23(45-26)8-7-22(39)20-44-18-13-35-36-33)29-28(27)25(19-34-29)30(40)32(42)38-16-14-37(15-17-38)31(41)21-5-3-2-4-6-21;1-35-22-10-8-19(21-9-7-18(15-28)36-21)24-23(22)20(16-29-24)25(32)27(34)31-13-11-30(12-14-31)26(33)17-5-3-2-4-6-17/h5-10,12-14,20,34H,11,15-19H2,1-4H3;2-6,9-12,19,34H,7-8,13-18,20H2,1H3;2-10,16,29H,11-15,28H2,1H3/p+1. The number of aromatic nitrogens is 3. The molecule has 0 atom stereocenters. The second kappa shape index (κ2) is 39.7. The van der Waals surface area contributed by atoms with Gasteiger partial charge >= 0.3 is 5.97 Å². The number of quaternary nitrogens is 1. The molecule has 3 fully saturated rings. The van der Waals surface area contributed by atoms with Gasteiger partial charge in [-0.25, -0.2) is 0 Å². The number of rotatable bonds is 27. The first-order chi connectivity index (χ1) is 60.0. The van der Waals surface area contributed by atoms with Gasteiger partial charge in [-0.2, -0.15) is 0 Å². The summed E-state index contributed by atoms with van der Waals surface area (Å²) >= 11 is 0. The fourth-order valence-corrected chi connectivity index (χ4v) is 15.0. The minimum atomic E-state index is -0.681. The minimum Gasteiger partial charge on any atom is -0.496 e. The Morgan fingerprint density at radius 2 is 0.750 bits per heavy atom. The summed E-state index contributed by atoms with van der Waals surface area (Å²) in [6, 6.07) is 48.5. The number of H-pyrrole nitrogens is 3. The lowest BCUT2D eigenvalue weighted by Crippen LogP contribution is -2.52. The maximum atomic E-state index is 13.5. The highest BCUT2D eigenvalue weighted by atomic mass is 16.6. The smallest absolute Gasteiger partial charge is 0.306 e. The van der Waals surface area contributed by atoms with Crippen molar-refractivity contribution in [3.63, 3.8) is 0 Å². The van der Waals surface area contributed by atoms with Crippen LogP contribution in [-0.4, -0.2) is 234 Å². The number of furan rings is 3. The van der Waals surface area contributed by atoms with E-state index in [1.807, 2.05) is 87.5 Å². The summed E-state index contributed by atoms with van der Waals surface area (Å²) in [5.74, 6) is 0.418. The first-order valence-corrected chi connectivity index (χ1v) is 40.4. The molecule has 6 amide bonds. The number of ketones is 4. The number of Topliss-reactive ketones (excluding diaryl/α,β-unsaturated/α-hetero) is 4. The van der Waals surface area contributed by atoms with Gasteiger partial charge in [-0.3, -0.25) is 52.7 Å². The molecule has 0 bridgehead atoms. The van der Waals surface area contributed by atoms with Gasteiger partial charge in [-0.1, -0.05) is 59.7 Å². The van der Waals surface area contributed by atoms with Gasteiger partial charge in [-0.15, -0.1) is 0 Å². The fourth-order valence-electron chi connectivity index (χ4n) is 15.0. The maximum Gasteiger partial charge on any atom is 0.306 e. The summed E-state index contributed by atoms with van der Waals surface area (Å²) in [5.41, 5.74) is 17.8. The van der Waals surface area contributed by atoms with Gasteiger partial charge < -0.3 is 87.0 Å². The van der Waals surface area contributed by atoms with E-state index in [9.17, 15) is 52.7 Å². The predicted octanol–water partition coefficient (Wildman–Crippen LogP) is 11.7. The van der Waals surface area contributed by atoms with E-state index in [0.717, 1.165) is 11.3 Å². The van der Waals surface area contributed by atoms with Crippen LogP contribution >= 0.6 is 0 Å². The van der Waals surface area contributed by atoms with E-state index in [-0.39, 0.29) is 118 Å². The first kappa shape index (κ1) is 87.2. The molecule has 6 aromatic carbocycles. The number of fused-ring (bicyclic) bond motifs is 3. The predicted molar refractivity (Wildman–Crippen MR) is 456 cm³/mol. The summed E-state index contributed by atoms with van der Waals surface area (Å²) in [7, 11) is 4.51. The molecule has 3 aliphatic heterocycles. The topological polar surface area (TPSA) is 417 Å².